The first-order valence-electron chi connectivity index (χ1n) is 14.2. The fraction of sp³-hybridized carbons (Fsp3) is 0.581. The lowest BCUT2D eigenvalue weighted by atomic mass is 9.79. The molecular weight excluding hydrogens is 508 g/mol. The second-order valence-electron chi connectivity index (χ2n) is 12.0. The summed E-state index contributed by atoms with van der Waals surface area (Å²) in [5.41, 5.74) is 1.86. The van der Waals surface area contributed by atoms with E-state index >= 15 is 8.78 Å². The maximum absolute atomic E-state index is 15.3. The Balaban J connectivity index is 1.35. The van der Waals surface area contributed by atoms with Crippen LogP contribution in [-0.4, -0.2) is 52.6 Å². The summed E-state index contributed by atoms with van der Waals surface area (Å²) in [6.45, 7) is 4.98. The van der Waals surface area contributed by atoms with Crippen molar-refractivity contribution in [3.8, 4) is 11.1 Å². The van der Waals surface area contributed by atoms with Crippen LogP contribution in [0.4, 0.5) is 17.6 Å². The van der Waals surface area contributed by atoms with Crippen molar-refractivity contribution in [2.24, 2.45) is 5.92 Å². The number of hydrogen-bond donors (Lipinski definition) is 2. The molecule has 0 bridgehead atoms. The van der Waals surface area contributed by atoms with Gasteiger partial charge < -0.3 is 10.4 Å². The third kappa shape index (κ3) is 6.02. The van der Waals surface area contributed by atoms with Gasteiger partial charge in [-0.25, -0.2) is 17.6 Å². The van der Waals surface area contributed by atoms with E-state index in [-0.39, 0.29) is 24.7 Å². The monoisotopic (exact) mass is 546 g/mol. The number of carbonyl (C=O) groups is 1. The summed E-state index contributed by atoms with van der Waals surface area (Å²) in [6.07, 6.45) is 3.45. The summed E-state index contributed by atoms with van der Waals surface area (Å²) in [6, 6.07) is 6.91. The highest BCUT2D eigenvalue weighted by atomic mass is 19.3. The molecular formula is C31H38F4N2O2. The third-order valence-corrected chi connectivity index (χ3v) is 9.08. The van der Waals surface area contributed by atoms with Crippen LogP contribution in [0.5, 0.6) is 0 Å². The van der Waals surface area contributed by atoms with Gasteiger partial charge in [0.1, 0.15) is 17.7 Å². The lowest BCUT2D eigenvalue weighted by Crippen LogP contribution is -2.64. The standard InChI is InChI=1S/C31H38F4N2O2/c1-19(2)30(39)11-13-37(14-12-30)26-7-4-10-31(34,35)29(26)36-27(38)17-21-5-3-6-25(28(21)20-8-9-20)22-15-23(32)18-24(33)16-22/h3,5-6,15-16,18-20,26,29,39H,4,7-14,17H2,1-2H3,(H,36,38)/t26-,29+/m0/s1. The van der Waals surface area contributed by atoms with E-state index in [2.05, 4.69) is 5.32 Å². The van der Waals surface area contributed by atoms with Crippen LogP contribution in [0.3, 0.4) is 0 Å². The lowest BCUT2D eigenvalue weighted by molar-refractivity contribution is -0.136. The Morgan fingerprint density at radius 2 is 1.72 bits per heavy atom. The molecule has 2 aromatic rings. The fourth-order valence-electron chi connectivity index (χ4n) is 6.55. The maximum Gasteiger partial charge on any atom is 0.269 e. The number of benzene rings is 2. The number of likely N-dealkylation sites (tertiary alicyclic amines) is 1. The molecule has 0 aromatic heterocycles. The number of rotatable bonds is 7. The van der Waals surface area contributed by atoms with Gasteiger partial charge in [0.2, 0.25) is 5.91 Å². The van der Waals surface area contributed by atoms with Crippen LogP contribution >= 0.6 is 0 Å². The Morgan fingerprint density at radius 1 is 1.05 bits per heavy atom. The molecule has 0 radical (unpaired) electrons. The molecule has 2 atom stereocenters. The van der Waals surface area contributed by atoms with Crippen molar-refractivity contribution in [3.05, 3.63) is 59.2 Å². The van der Waals surface area contributed by atoms with Gasteiger partial charge in [-0.05, 0) is 84.7 Å². The largest absolute Gasteiger partial charge is 0.390 e. The van der Waals surface area contributed by atoms with E-state index in [9.17, 15) is 18.7 Å². The molecule has 0 unspecified atom stereocenters. The van der Waals surface area contributed by atoms with E-state index in [0.29, 0.717) is 55.5 Å². The normalized spacial score (nSPS) is 25.0. The smallest absolute Gasteiger partial charge is 0.269 e. The van der Waals surface area contributed by atoms with E-state index < -0.39 is 41.1 Å². The number of aliphatic hydroxyl groups is 1. The quantitative estimate of drug-likeness (QED) is 0.406. The van der Waals surface area contributed by atoms with Crippen LogP contribution in [0.15, 0.2) is 36.4 Å². The molecule has 8 heteroatoms. The third-order valence-electron chi connectivity index (χ3n) is 9.08. The van der Waals surface area contributed by atoms with Gasteiger partial charge in [0.05, 0.1) is 12.0 Å². The molecule has 2 saturated carbocycles. The first-order valence-corrected chi connectivity index (χ1v) is 14.2. The van der Waals surface area contributed by atoms with Gasteiger partial charge in [-0.2, -0.15) is 0 Å². The van der Waals surface area contributed by atoms with E-state index in [0.717, 1.165) is 24.5 Å². The maximum atomic E-state index is 15.3. The van der Waals surface area contributed by atoms with Crippen molar-refractivity contribution in [2.75, 3.05) is 13.1 Å². The molecule has 3 aliphatic rings. The molecule has 212 valence electrons. The Kier molecular flexibility index (Phi) is 7.81. The zero-order valence-electron chi connectivity index (χ0n) is 22.7. The molecule has 39 heavy (non-hydrogen) atoms. The molecule has 2 aliphatic carbocycles. The average molecular weight is 547 g/mol. The predicted octanol–water partition coefficient (Wildman–Crippen LogP) is 6.21. The highest BCUT2D eigenvalue weighted by Crippen LogP contribution is 2.46. The van der Waals surface area contributed by atoms with Crippen molar-refractivity contribution >= 4 is 5.91 Å². The van der Waals surface area contributed by atoms with Crippen LogP contribution < -0.4 is 5.32 Å². The van der Waals surface area contributed by atoms with Crippen molar-refractivity contribution in [2.45, 2.75) is 94.7 Å². The summed E-state index contributed by atoms with van der Waals surface area (Å²) in [7, 11) is 0. The van der Waals surface area contributed by atoms with Crippen LogP contribution in [0.1, 0.15) is 75.8 Å². The molecule has 5 rings (SSSR count). The summed E-state index contributed by atoms with van der Waals surface area (Å²) in [5.74, 6) is -4.61. The Hall–Kier alpha value is -2.45. The minimum Gasteiger partial charge on any atom is -0.390 e. The number of nitrogens with zero attached hydrogens (tertiary/aromatic N) is 1. The highest BCUT2D eigenvalue weighted by molar-refractivity contribution is 5.81. The number of nitrogens with one attached hydrogen (secondary N) is 1. The number of alkyl halides is 2. The van der Waals surface area contributed by atoms with Gasteiger partial charge in [0.15, 0.2) is 0 Å². The zero-order valence-corrected chi connectivity index (χ0v) is 22.7. The minimum atomic E-state index is -3.04. The molecule has 2 N–H and O–H groups in total. The van der Waals surface area contributed by atoms with E-state index in [4.69, 9.17) is 0 Å². The fourth-order valence-corrected chi connectivity index (χ4v) is 6.55. The van der Waals surface area contributed by atoms with Gasteiger partial charge in [0.25, 0.3) is 5.92 Å². The number of piperidine rings is 1. The first-order chi connectivity index (χ1) is 18.5. The molecule has 0 spiro atoms. The number of hydrogen-bond acceptors (Lipinski definition) is 3. The minimum absolute atomic E-state index is 0.0795. The molecule has 1 saturated heterocycles. The summed E-state index contributed by atoms with van der Waals surface area (Å²) in [4.78, 5) is 15.3. The number of carbonyl (C=O) groups excluding carboxylic acids is 1. The molecule has 4 nitrogen and oxygen atoms in total. The Labute approximate surface area is 227 Å². The lowest BCUT2D eigenvalue weighted by Gasteiger charge is -2.48. The van der Waals surface area contributed by atoms with Gasteiger partial charge in [-0.15, -0.1) is 0 Å². The van der Waals surface area contributed by atoms with Gasteiger partial charge in [-0.3, -0.25) is 9.69 Å². The highest BCUT2D eigenvalue weighted by Gasteiger charge is 2.50. The first kappa shape index (κ1) is 28.1. The summed E-state index contributed by atoms with van der Waals surface area (Å²) in [5, 5.41) is 13.6. The van der Waals surface area contributed by atoms with Crippen LogP contribution in [0.2, 0.25) is 0 Å². The second kappa shape index (κ2) is 10.8. The van der Waals surface area contributed by atoms with E-state index in [1.165, 1.54) is 12.1 Å². The molecule has 1 amide bonds. The average Bonchev–Trinajstić information content (AvgIpc) is 3.70. The van der Waals surface area contributed by atoms with Crippen LogP contribution in [0, 0.1) is 17.6 Å². The Bertz CT molecular complexity index is 1180. The van der Waals surface area contributed by atoms with Gasteiger partial charge >= 0.3 is 0 Å². The second-order valence-corrected chi connectivity index (χ2v) is 12.0. The van der Waals surface area contributed by atoms with Crippen LogP contribution in [-0.2, 0) is 11.2 Å². The zero-order chi connectivity index (χ0) is 27.9. The Morgan fingerprint density at radius 3 is 2.33 bits per heavy atom. The van der Waals surface area contributed by atoms with Crippen molar-refractivity contribution in [3.63, 3.8) is 0 Å². The predicted molar refractivity (Wildman–Crippen MR) is 143 cm³/mol. The van der Waals surface area contributed by atoms with Crippen molar-refractivity contribution in [1.29, 1.82) is 0 Å². The SMILES string of the molecule is CC(C)C1(O)CCN([C@H]2CCCC(F)(F)[C@@H]2NC(=O)Cc2cccc(-c3cc(F)cc(F)c3)c2C2CC2)CC1. The molecule has 2 aromatic carbocycles. The molecule has 1 aliphatic heterocycles. The van der Waals surface area contributed by atoms with Gasteiger partial charge in [-0.1, -0.05) is 32.0 Å². The van der Waals surface area contributed by atoms with Crippen molar-refractivity contribution < 1.29 is 27.5 Å². The summed E-state index contributed by atoms with van der Waals surface area (Å²) < 4.78 is 58.5. The van der Waals surface area contributed by atoms with E-state index in [1.807, 2.05) is 18.7 Å². The number of amides is 1. The number of halogens is 4. The van der Waals surface area contributed by atoms with Crippen molar-refractivity contribution in [1.82, 2.24) is 10.2 Å². The topological polar surface area (TPSA) is 52.6 Å². The van der Waals surface area contributed by atoms with Gasteiger partial charge in [0, 0.05) is 31.6 Å². The summed E-state index contributed by atoms with van der Waals surface area (Å²) >= 11 is 0. The van der Waals surface area contributed by atoms with Crippen LogP contribution in [0.25, 0.3) is 11.1 Å². The van der Waals surface area contributed by atoms with E-state index in [1.54, 1.807) is 18.2 Å². The molecule has 3 fully saturated rings. The molecule has 1 heterocycles.